The van der Waals surface area contributed by atoms with Crippen LogP contribution in [0.2, 0.25) is 0 Å². The molecule has 1 fully saturated rings. The number of hydrogen-bond acceptors (Lipinski definition) is 5. The van der Waals surface area contributed by atoms with Crippen LogP contribution in [0.15, 0.2) is 0 Å². The van der Waals surface area contributed by atoms with Crippen molar-refractivity contribution in [3.63, 3.8) is 0 Å². The summed E-state index contributed by atoms with van der Waals surface area (Å²) in [4.78, 5) is 13.3. The normalized spacial score (nSPS) is 21.7. The molecule has 1 unspecified atom stereocenters. The maximum atomic E-state index is 12.1. The lowest BCUT2D eigenvalue weighted by Crippen LogP contribution is -2.23. The van der Waals surface area contributed by atoms with Gasteiger partial charge in [-0.3, -0.25) is 4.79 Å². The Morgan fingerprint density at radius 2 is 2.47 bits per heavy atom. The van der Waals surface area contributed by atoms with Gasteiger partial charge in [0, 0.05) is 18.0 Å². The van der Waals surface area contributed by atoms with Gasteiger partial charge in [0.05, 0.1) is 18.1 Å². The van der Waals surface area contributed by atoms with Gasteiger partial charge >= 0.3 is 0 Å². The Morgan fingerprint density at radius 3 is 3.21 bits per heavy atom. The van der Waals surface area contributed by atoms with Gasteiger partial charge < -0.3 is 15.4 Å². The van der Waals surface area contributed by atoms with E-state index < -0.39 is 0 Å². The second kappa shape index (κ2) is 5.29. The monoisotopic (exact) mass is 277 g/mol. The molecule has 1 saturated heterocycles. The minimum absolute atomic E-state index is 0.0273. The van der Waals surface area contributed by atoms with Gasteiger partial charge in [-0.25, -0.2) is 0 Å². The number of nitriles is 1. The zero-order chi connectivity index (χ0) is 13.2. The molecule has 0 radical (unpaired) electrons. The highest BCUT2D eigenvalue weighted by Crippen LogP contribution is 2.35. The Balaban J connectivity index is 1.82. The summed E-state index contributed by atoms with van der Waals surface area (Å²) in [5.41, 5.74) is 1.75. The number of carbonyl (C=O) groups is 1. The molecule has 5 nitrogen and oxygen atoms in total. The van der Waals surface area contributed by atoms with E-state index in [-0.39, 0.29) is 11.8 Å². The van der Waals surface area contributed by atoms with Crippen molar-refractivity contribution < 1.29 is 9.53 Å². The quantitative estimate of drug-likeness (QED) is 0.853. The number of amides is 1. The van der Waals surface area contributed by atoms with Crippen LogP contribution in [0, 0.1) is 17.2 Å². The highest BCUT2D eigenvalue weighted by Gasteiger charge is 2.26. The van der Waals surface area contributed by atoms with E-state index in [9.17, 15) is 10.1 Å². The first kappa shape index (κ1) is 12.6. The smallest absolute Gasteiger partial charge is 0.230 e. The van der Waals surface area contributed by atoms with Gasteiger partial charge in [0.25, 0.3) is 0 Å². The maximum Gasteiger partial charge on any atom is 0.230 e. The fraction of sp³-hybridized carbons (Fsp3) is 0.538. The van der Waals surface area contributed by atoms with Gasteiger partial charge in [-0.1, -0.05) is 0 Å². The van der Waals surface area contributed by atoms with Gasteiger partial charge in [-0.05, 0) is 24.9 Å². The summed E-state index contributed by atoms with van der Waals surface area (Å²) < 4.78 is 5.22. The third-order valence-corrected chi connectivity index (χ3v) is 4.72. The van der Waals surface area contributed by atoms with Crippen molar-refractivity contribution >= 4 is 22.2 Å². The van der Waals surface area contributed by atoms with Crippen LogP contribution in [0.1, 0.15) is 22.4 Å². The van der Waals surface area contributed by atoms with Crippen molar-refractivity contribution in [3.05, 3.63) is 16.0 Å². The second-order valence-electron chi connectivity index (χ2n) is 4.80. The number of thiophene rings is 1. The van der Waals surface area contributed by atoms with Gasteiger partial charge in [0.2, 0.25) is 5.91 Å². The number of carbonyl (C=O) groups excluding carboxylic acids is 1. The fourth-order valence-electron chi connectivity index (χ4n) is 2.50. The molecule has 0 aromatic carbocycles. The zero-order valence-corrected chi connectivity index (χ0v) is 11.3. The number of nitrogens with zero attached hydrogens (tertiary/aromatic N) is 1. The molecule has 0 bridgehead atoms. The van der Waals surface area contributed by atoms with Crippen LogP contribution in [0.3, 0.4) is 0 Å². The van der Waals surface area contributed by atoms with E-state index in [4.69, 9.17) is 4.74 Å². The molecule has 6 heteroatoms. The first-order valence-electron chi connectivity index (χ1n) is 6.43. The van der Waals surface area contributed by atoms with Crippen molar-refractivity contribution in [1.82, 2.24) is 5.32 Å². The molecule has 0 aliphatic carbocycles. The summed E-state index contributed by atoms with van der Waals surface area (Å²) in [5.74, 6) is -0.107. The lowest BCUT2D eigenvalue weighted by atomic mass is 10.0. The third-order valence-electron chi connectivity index (χ3n) is 3.58. The molecule has 1 atom stereocenters. The van der Waals surface area contributed by atoms with Crippen LogP contribution in [0.4, 0.5) is 5.00 Å². The van der Waals surface area contributed by atoms with Crippen molar-refractivity contribution in [3.8, 4) is 6.07 Å². The van der Waals surface area contributed by atoms with Crippen LogP contribution in [-0.2, 0) is 22.5 Å². The van der Waals surface area contributed by atoms with E-state index in [1.807, 2.05) is 0 Å². The molecular formula is C13H15N3O2S. The number of hydrogen-bond donors (Lipinski definition) is 2. The summed E-state index contributed by atoms with van der Waals surface area (Å²) in [6.45, 7) is 2.81. The Hall–Kier alpha value is -1.42. The Bertz CT molecular complexity index is 541. The molecule has 0 spiro atoms. The van der Waals surface area contributed by atoms with Crippen molar-refractivity contribution in [2.24, 2.45) is 5.92 Å². The highest BCUT2D eigenvalue weighted by atomic mass is 32.1. The molecule has 1 amide bonds. The fourth-order valence-corrected chi connectivity index (χ4v) is 3.67. The molecular weight excluding hydrogens is 262 g/mol. The predicted octanol–water partition coefficient (Wildman–Crippen LogP) is 1.24. The Morgan fingerprint density at radius 1 is 1.58 bits per heavy atom. The lowest BCUT2D eigenvalue weighted by molar-refractivity contribution is -0.119. The van der Waals surface area contributed by atoms with Crippen molar-refractivity contribution in [1.29, 1.82) is 5.26 Å². The van der Waals surface area contributed by atoms with Crippen molar-refractivity contribution in [2.45, 2.75) is 19.4 Å². The summed E-state index contributed by atoms with van der Waals surface area (Å²) in [5, 5.41) is 16.2. The van der Waals surface area contributed by atoms with E-state index in [1.165, 1.54) is 16.2 Å². The number of anilines is 1. The minimum atomic E-state index is -0.0798. The molecule has 0 saturated carbocycles. The van der Waals surface area contributed by atoms with E-state index in [0.717, 1.165) is 31.5 Å². The summed E-state index contributed by atoms with van der Waals surface area (Å²) in [7, 11) is 0. The molecule has 2 aliphatic rings. The average molecular weight is 277 g/mol. The number of nitrogens with one attached hydrogen (secondary N) is 2. The van der Waals surface area contributed by atoms with Crippen molar-refractivity contribution in [2.75, 3.05) is 25.1 Å². The zero-order valence-electron chi connectivity index (χ0n) is 10.5. The van der Waals surface area contributed by atoms with Gasteiger partial charge in [-0.2, -0.15) is 5.26 Å². The molecule has 19 heavy (non-hydrogen) atoms. The molecule has 1 aromatic heterocycles. The van der Waals surface area contributed by atoms with E-state index in [2.05, 4.69) is 16.7 Å². The van der Waals surface area contributed by atoms with Gasteiger partial charge in [-0.15, -0.1) is 11.3 Å². The molecule has 1 aromatic rings. The maximum absolute atomic E-state index is 12.1. The average Bonchev–Trinajstić information content (AvgIpc) is 3.05. The van der Waals surface area contributed by atoms with E-state index >= 15 is 0 Å². The van der Waals surface area contributed by atoms with E-state index in [0.29, 0.717) is 23.8 Å². The molecule has 2 aliphatic heterocycles. The highest BCUT2D eigenvalue weighted by molar-refractivity contribution is 7.16. The Labute approximate surface area is 115 Å². The Kier molecular flexibility index (Phi) is 3.51. The summed E-state index contributed by atoms with van der Waals surface area (Å²) in [6, 6.07) is 2.24. The largest absolute Gasteiger partial charge is 0.381 e. The number of ether oxygens (including phenoxy) is 1. The van der Waals surface area contributed by atoms with Crippen LogP contribution < -0.4 is 10.6 Å². The molecule has 3 heterocycles. The summed E-state index contributed by atoms with van der Waals surface area (Å²) >= 11 is 1.52. The van der Waals surface area contributed by atoms with Crippen LogP contribution in [0.5, 0.6) is 0 Å². The van der Waals surface area contributed by atoms with E-state index in [1.54, 1.807) is 0 Å². The number of fused-ring (bicyclic) bond motifs is 1. The predicted molar refractivity (Wildman–Crippen MR) is 72.0 cm³/mol. The lowest BCUT2D eigenvalue weighted by Gasteiger charge is -2.11. The third kappa shape index (κ3) is 2.37. The molecule has 3 rings (SSSR count). The first-order chi connectivity index (χ1) is 9.29. The SMILES string of the molecule is N#Cc1c(NC(=O)C2CCOC2)sc2c1CCNC2. The van der Waals surface area contributed by atoms with Crippen LogP contribution >= 0.6 is 11.3 Å². The van der Waals surface area contributed by atoms with Gasteiger partial charge in [0.15, 0.2) is 0 Å². The topological polar surface area (TPSA) is 74.2 Å². The summed E-state index contributed by atoms with van der Waals surface area (Å²) in [6.07, 6.45) is 1.62. The molecule has 2 N–H and O–H groups in total. The number of rotatable bonds is 2. The van der Waals surface area contributed by atoms with Crippen LogP contribution in [0.25, 0.3) is 0 Å². The molecule has 100 valence electrons. The second-order valence-corrected chi connectivity index (χ2v) is 5.90. The van der Waals surface area contributed by atoms with Gasteiger partial charge in [0.1, 0.15) is 11.1 Å². The first-order valence-corrected chi connectivity index (χ1v) is 7.25. The standard InChI is InChI=1S/C13H15N3O2S/c14-5-10-9-1-3-15-6-11(9)19-13(10)16-12(17)8-2-4-18-7-8/h8,15H,1-4,6-7H2,(H,16,17). The minimum Gasteiger partial charge on any atom is -0.381 e. The van der Waals surface area contributed by atoms with Crippen LogP contribution in [-0.4, -0.2) is 25.7 Å².